The van der Waals surface area contributed by atoms with Crippen molar-refractivity contribution in [1.29, 1.82) is 0 Å². The average Bonchev–Trinajstić information content (AvgIpc) is 3.35. The van der Waals surface area contributed by atoms with E-state index < -0.39 is 59.1 Å². The van der Waals surface area contributed by atoms with E-state index >= 15 is 0 Å². The zero-order chi connectivity index (χ0) is 36.6. The van der Waals surface area contributed by atoms with Gasteiger partial charge in [0.15, 0.2) is 0 Å². The zero-order valence-electron chi connectivity index (χ0n) is 28.0. The molecule has 1 aromatic rings. The number of imide groups is 1. The maximum Gasteiger partial charge on any atom is 0.312 e. The standard InChI is InChI=1S/C32H46N8O9/c1-32(2,3)29(46)49-19-20-9-11-21(12-10-20)37-27(44)23(8-6-17-36-31(34)48)39-28(45)22(7-4-5-16-35-30(33)47)38-24(41)15-18-40-25(42)13-14-26(40)43/h9-14,22-23H,4-8,15-19H2,1-3H3,(H,37,44)(H,38,41)(H,39,45)(H3,33,35,47)(H3,34,36,48)/t22-,23-/m0/s1. The Hall–Kier alpha value is -5.48. The van der Waals surface area contributed by atoms with Gasteiger partial charge in [-0.2, -0.15) is 0 Å². The van der Waals surface area contributed by atoms with E-state index in [1.807, 2.05) is 0 Å². The van der Waals surface area contributed by atoms with Crippen LogP contribution in [0.4, 0.5) is 15.3 Å². The molecular weight excluding hydrogens is 640 g/mol. The summed E-state index contributed by atoms with van der Waals surface area (Å²) in [7, 11) is 0. The van der Waals surface area contributed by atoms with Crippen molar-refractivity contribution in [2.24, 2.45) is 16.9 Å². The van der Waals surface area contributed by atoms with Crippen molar-refractivity contribution in [2.75, 3.05) is 25.0 Å². The summed E-state index contributed by atoms with van der Waals surface area (Å²) in [4.78, 5) is 98.5. The first-order valence-corrected chi connectivity index (χ1v) is 15.8. The number of urea groups is 2. The highest BCUT2D eigenvalue weighted by Crippen LogP contribution is 2.18. The van der Waals surface area contributed by atoms with E-state index in [-0.39, 0.29) is 57.9 Å². The lowest BCUT2D eigenvalue weighted by Crippen LogP contribution is -2.53. The van der Waals surface area contributed by atoms with E-state index in [4.69, 9.17) is 16.2 Å². The van der Waals surface area contributed by atoms with Crippen molar-refractivity contribution in [1.82, 2.24) is 26.2 Å². The number of benzene rings is 1. The summed E-state index contributed by atoms with van der Waals surface area (Å²) >= 11 is 0. The van der Waals surface area contributed by atoms with E-state index in [0.29, 0.717) is 24.1 Å². The topological polar surface area (TPSA) is 261 Å². The number of anilines is 1. The fourth-order valence-electron chi connectivity index (χ4n) is 4.42. The molecule has 0 unspecified atom stereocenters. The number of hydrogen-bond donors (Lipinski definition) is 7. The largest absolute Gasteiger partial charge is 0.460 e. The third-order valence-electron chi connectivity index (χ3n) is 7.14. The van der Waals surface area contributed by atoms with Gasteiger partial charge in [0.25, 0.3) is 11.8 Å². The molecule has 9 N–H and O–H groups in total. The predicted molar refractivity (Wildman–Crippen MR) is 177 cm³/mol. The van der Waals surface area contributed by atoms with Gasteiger partial charge in [-0.3, -0.25) is 33.7 Å². The Morgan fingerprint density at radius 3 is 1.90 bits per heavy atom. The molecule has 9 amide bonds. The van der Waals surface area contributed by atoms with Crippen LogP contribution in [0.1, 0.15) is 64.9 Å². The van der Waals surface area contributed by atoms with Gasteiger partial charge in [0.05, 0.1) is 5.41 Å². The molecule has 17 nitrogen and oxygen atoms in total. The van der Waals surface area contributed by atoms with Crippen LogP contribution >= 0.6 is 0 Å². The lowest BCUT2D eigenvalue weighted by molar-refractivity contribution is -0.154. The van der Waals surface area contributed by atoms with Crippen molar-refractivity contribution in [3.63, 3.8) is 0 Å². The first kappa shape index (κ1) is 39.7. The van der Waals surface area contributed by atoms with Gasteiger partial charge < -0.3 is 42.8 Å². The molecule has 1 aliphatic heterocycles. The van der Waals surface area contributed by atoms with E-state index in [9.17, 15) is 38.4 Å². The Morgan fingerprint density at radius 2 is 1.33 bits per heavy atom. The molecule has 1 aromatic carbocycles. The van der Waals surface area contributed by atoms with Crippen LogP contribution in [0.15, 0.2) is 36.4 Å². The van der Waals surface area contributed by atoms with Crippen LogP contribution in [0.3, 0.4) is 0 Å². The molecular formula is C32H46N8O9. The summed E-state index contributed by atoms with van der Waals surface area (Å²) in [6, 6.07) is 2.90. The number of nitrogens with zero attached hydrogens (tertiary/aromatic N) is 1. The molecule has 49 heavy (non-hydrogen) atoms. The molecule has 1 aliphatic rings. The molecule has 0 saturated carbocycles. The van der Waals surface area contributed by atoms with Crippen molar-refractivity contribution >= 4 is 53.3 Å². The summed E-state index contributed by atoms with van der Waals surface area (Å²) in [5.74, 6) is -3.32. The van der Waals surface area contributed by atoms with Gasteiger partial charge in [0.2, 0.25) is 17.7 Å². The second kappa shape index (κ2) is 19.4. The number of carbonyl (C=O) groups excluding carboxylic acids is 8. The molecule has 0 bridgehead atoms. The highest BCUT2D eigenvalue weighted by Gasteiger charge is 2.28. The number of carbonyl (C=O) groups is 8. The van der Waals surface area contributed by atoms with Gasteiger partial charge in [0, 0.05) is 43.9 Å². The van der Waals surface area contributed by atoms with E-state index in [1.54, 1.807) is 45.0 Å². The number of unbranched alkanes of at least 4 members (excludes halogenated alkanes) is 1. The number of hydrogen-bond acceptors (Lipinski definition) is 9. The number of rotatable bonds is 19. The Kier molecular flexibility index (Phi) is 15.7. The number of primary amides is 2. The summed E-state index contributed by atoms with van der Waals surface area (Å²) in [5.41, 5.74) is 10.7. The van der Waals surface area contributed by atoms with Gasteiger partial charge in [-0.05, 0) is 70.6 Å². The molecule has 0 saturated heterocycles. The van der Waals surface area contributed by atoms with E-state index in [0.717, 1.165) is 17.1 Å². The number of amides is 9. The van der Waals surface area contributed by atoms with Crippen molar-refractivity contribution in [2.45, 2.75) is 78.0 Å². The van der Waals surface area contributed by atoms with Crippen LogP contribution in [0.5, 0.6) is 0 Å². The van der Waals surface area contributed by atoms with Gasteiger partial charge >= 0.3 is 18.0 Å². The highest BCUT2D eigenvalue weighted by molar-refractivity contribution is 6.13. The number of nitrogens with one attached hydrogen (secondary N) is 5. The Labute approximate surface area is 284 Å². The Bertz CT molecular complexity index is 1390. The predicted octanol–water partition coefficient (Wildman–Crippen LogP) is 0.286. The van der Waals surface area contributed by atoms with Gasteiger partial charge in [0.1, 0.15) is 18.7 Å². The molecule has 0 spiro atoms. The summed E-state index contributed by atoms with van der Waals surface area (Å²) in [6.45, 7) is 5.45. The first-order chi connectivity index (χ1) is 23.1. The molecule has 17 heteroatoms. The number of ether oxygens (including phenoxy) is 1. The molecule has 268 valence electrons. The fraction of sp³-hybridized carbons (Fsp3) is 0.500. The lowest BCUT2D eigenvalue weighted by atomic mass is 9.97. The van der Waals surface area contributed by atoms with Crippen molar-refractivity contribution in [3.8, 4) is 0 Å². The quantitative estimate of drug-likeness (QED) is 0.0598. The minimum Gasteiger partial charge on any atom is -0.460 e. The monoisotopic (exact) mass is 686 g/mol. The molecule has 0 radical (unpaired) electrons. The zero-order valence-corrected chi connectivity index (χ0v) is 28.0. The molecule has 0 aromatic heterocycles. The van der Waals surface area contributed by atoms with Crippen molar-refractivity contribution < 1.29 is 43.1 Å². The summed E-state index contributed by atoms with van der Waals surface area (Å²) < 4.78 is 5.32. The van der Waals surface area contributed by atoms with Crippen LogP contribution in [-0.4, -0.2) is 84.2 Å². The van der Waals surface area contributed by atoms with Crippen LogP contribution in [0.25, 0.3) is 0 Å². The van der Waals surface area contributed by atoms with E-state index in [2.05, 4.69) is 26.6 Å². The molecule has 2 rings (SSSR count). The maximum atomic E-state index is 13.5. The fourth-order valence-corrected chi connectivity index (χ4v) is 4.42. The second-order valence-electron chi connectivity index (χ2n) is 12.3. The van der Waals surface area contributed by atoms with Crippen molar-refractivity contribution in [3.05, 3.63) is 42.0 Å². The molecule has 0 fully saturated rings. The van der Waals surface area contributed by atoms with Gasteiger partial charge in [-0.25, -0.2) is 9.59 Å². The number of esters is 1. The third-order valence-corrected chi connectivity index (χ3v) is 7.14. The maximum absolute atomic E-state index is 13.5. The highest BCUT2D eigenvalue weighted by atomic mass is 16.5. The molecule has 1 heterocycles. The Balaban J connectivity index is 2.11. The van der Waals surface area contributed by atoms with Crippen LogP contribution in [0, 0.1) is 5.41 Å². The smallest absolute Gasteiger partial charge is 0.312 e. The van der Waals surface area contributed by atoms with Crippen LogP contribution < -0.4 is 38.1 Å². The van der Waals surface area contributed by atoms with E-state index in [1.165, 1.54) is 0 Å². The number of nitrogens with two attached hydrogens (primary N) is 2. The lowest BCUT2D eigenvalue weighted by Gasteiger charge is -2.24. The summed E-state index contributed by atoms with van der Waals surface area (Å²) in [6.07, 6.45) is 3.22. The normalized spacial score (nSPS) is 13.7. The minimum absolute atomic E-state index is 0.0448. The van der Waals surface area contributed by atoms with Crippen LogP contribution in [-0.2, 0) is 40.1 Å². The SMILES string of the molecule is CC(C)(C)C(=O)OCc1ccc(NC(=O)[C@H](CCCNC(N)=O)NC(=O)[C@H](CCCCNC(N)=O)NC(=O)CCN2C(=O)C=CC2=O)cc1. The van der Waals surface area contributed by atoms with Crippen LogP contribution in [0.2, 0.25) is 0 Å². The van der Waals surface area contributed by atoms with Gasteiger partial charge in [-0.15, -0.1) is 0 Å². The summed E-state index contributed by atoms with van der Waals surface area (Å²) in [5, 5.41) is 12.9. The third kappa shape index (κ3) is 14.9. The Morgan fingerprint density at radius 1 is 0.776 bits per heavy atom. The van der Waals surface area contributed by atoms with Gasteiger partial charge in [-0.1, -0.05) is 12.1 Å². The second-order valence-corrected chi connectivity index (χ2v) is 12.3. The first-order valence-electron chi connectivity index (χ1n) is 15.8. The molecule has 0 aliphatic carbocycles. The average molecular weight is 687 g/mol. The minimum atomic E-state index is -1.11. The molecule has 2 atom stereocenters.